The highest BCUT2D eigenvalue weighted by Gasteiger charge is 2.48. The van der Waals surface area contributed by atoms with E-state index in [1.54, 1.807) is 0 Å². The van der Waals surface area contributed by atoms with Crippen molar-refractivity contribution in [1.82, 2.24) is 9.80 Å². The highest BCUT2D eigenvalue weighted by Crippen LogP contribution is 2.43. The van der Waals surface area contributed by atoms with Gasteiger partial charge in [0.05, 0.1) is 18.2 Å². The predicted molar refractivity (Wildman–Crippen MR) is 114 cm³/mol. The van der Waals surface area contributed by atoms with E-state index in [9.17, 15) is 4.79 Å². The molecule has 0 aromatic heterocycles. The maximum absolute atomic E-state index is 13.1. The van der Waals surface area contributed by atoms with E-state index >= 15 is 0 Å². The molecule has 2 amide bonds. The molecular weight excluding hydrogens is 360 g/mol. The highest BCUT2D eigenvalue weighted by molar-refractivity contribution is 5.86. The number of amides is 2. The van der Waals surface area contributed by atoms with E-state index in [0.717, 1.165) is 18.4 Å². The third kappa shape index (κ3) is 2.99. The molecule has 4 atom stereocenters. The van der Waals surface area contributed by atoms with E-state index in [1.807, 2.05) is 35.0 Å². The van der Waals surface area contributed by atoms with Crippen molar-refractivity contribution in [3.8, 4) is 0 Å². The molecular formula is C25H26N2O2. The minimum Gasteiger partial charge on any atom is -0.350 e. The number of ether oxygens (including phenoxy) is 1. The lowest BCUT2D eigenvalue weighted by atomic mass is 9.98. The van der Waals surface area contributed by atoms with Gasteiger partial charge in [0.2, 0.25) is 0 Å². The standard InChI is InChI=1S/C25H26N2O2/c1-17-24(19-10-4-3-5-11-19)27(25(28)26(17)2)23-16-15-22(29-23)21-14-8-12-18-9-6-7-13-20(18)21/h3-14,17,22-24H,15-16H2,1-2H3/t17-,22+,23-,24-/m0/s1. The topological polar surface area (TPSA) is 32.8 Å². The Kier molecular flexibility index (Phi) is 4.51. The van der Waals surface area contributed by atoms with Crippen LogP contribution in [-0.4, -0.2) is 35.1 Å². The molecule has 4 nitrogen and oxygen atoms in total. The summed E-state index contributed by atoms with van der Waals surface area (Å²) in [6, 6.07) is 25.3. The van der Waals surface area contributed by atoms with Gasteiger partial charge in [0.15, 0.2) is 0 Å². The van der Waals surface area contributed by atoms with Gasteiger partial charge in [-0.05, 0) is 41.7 Å². The Morgan fingerprint density at radius 2 is 1.62 bits per heavy atom. The second-order valence-electron chi connectivity index (χ2n) is 8.12. The van der Waals surface area contributed by atoms with E-state index in [2.05, 4.69) is 61.5 Å². The Morgan fingerprint density at radius 3 is 2.45 bits per heavy atom. The quantitative estimate of drug-likeness (QED) is 0.594. The molecule has 2 aliphatic heterocycles. The van der Waals surface area contributed by atoms with Crippen molar-refractivity contribution >= 4 is 16.8 Å². The van der Waals surface area contributed by atoms with Crippen LogP contribution in [0.5, 0.6) is 0 Å². The second kappa shape index (κ2) is 7.20. The molecule has 29 heavy (non-hydrogen) atoms. The summed E-state index contributed by atoms with van der Waals surface area (Å²) in [7, 11) is 1.89. The zero-order valence-corrected chi connectivity index (χ0v) is 16.9. The van der Waals surface area contributed by atoms with E-state index in [4.69, 9.17) is 4.74 Å². The zero-order chi connectivity index (χ0) is 20.0. The van der Waals surface area contributed by atoms with Crippen molar-refractivity contribution in [3.05, 3.63) is 83.9 Å². The van der Waals surface area contributed by atoms with Gasteiger partial charge in [-0.1, -0.05) is 72.8 Å². The molecule has 5 rings (SSSR count). The Bertz CT molecular complexity index is 1030. The van der Waals surface area contributed by atoms with Gasteiger partial charge >= 0.3 is 6.03 Å². The number of carbonyl (C=O) groups excluding carboxylic acids is 1. The summed E-state index contributed by atoms with van der Waals surface area (Å²) in [4.78, 5) is 16.9. The van der Waals surface area contributed by atoms with Gasteiger partial charge in [-0.15, -0.1) is 0 Å². The maximum Gasteiger partial charge on any atom is 0.322 e. The number of nitrogens with zero attached hydrogens (tertiary/aromatic N) is 2. The lowest BCUT2D eigenvalue weighted by Gasteiger charge is -2.31. The van der Waals surface area contributed by atoms with Crippen LogP contribution in [0.1, 0.15) is 43.0 Å². The third-order valence-electron chi connectivity index (χ3n) is 6.51. The molecule has 0 radical (unpaired) electrons. The number of likely N-dealkylation sites (N-methyl/N-ethyl adjacent to an activating group) is 1. The normalized spacial score (nSPS) is 27.2. The Hall–Kier alpha value is -2.85. The summed E-state index contributed by atoms with van der Waals surface area (Å²) in [6.07, 6.45) is 1.58. The summed E-state index contributed by atoms with van der Waals surface area (Å²) in [5, 5.41) is 2.46. The van der Waals surface area contributed by atoms with Gasteiger partial charge in [-0.3, -0.25) is 4.90 Å². The molecule has 3 aromatic rings. The summed E-state index contributed by atoms with van der Waals surface area (Å²) in [5.41, 5.74) is 2.38. The fourth-order valence-corrected chi connectivity index (χ4v) is 4.90. The first-order chi connectivity index (χ1) is 14.1. The Labute approximate surface area is 171 Å². The first-order valence-electron chi connectivity index (χ1n) is 10.4. The van der Waals surface area contributed by atoms with Crippen molar-refractivity contribution < 1.29 is 9.53 Å². The lowest BCUT2D eigenvalue weighted by Crippen LogP contribution is -2.39. The molecule has 0 aliphatic carbocycles. The maximum atomic E-state index is 13.1. The van der Waals surface area contributed by atoms with E-state index in [0.29, 0.717) is 0 Å². The minimum atomic E-state index is -0.205. The van der Waals surface area contributed by atoms with Crippen molar-refractivity contribution in [2.45, 2.75) is 44.2 Å². The summed E-state index contributed by atoms with van der Waals surface area (Å²) in [5.74, 6) is 0. The van der Waals surface area contributed by atoms with Crippen LogP contribution in [0.25, 0.3) is 10.8 Å². The third-order valence-corrected chi connectivity index (χ3v) is 6.51. The van der Waals surface area contributed by atoms with E-state index in [-0.39, 0.29) is 30.4 Å². The smallest absolute Gasteiger partial charge is 0.322 e. The molecule has 2 fully saturated rings. The average Bonchev–Trinajstić information content (AvgIpc) is 3.33. The molecule has 4 heteroatoms. The molecule has 2 aliphatic rings. The Morgan fingerprint density at radius 1 is 0.897 bits per heavy atom. The number of hydrogen-bond acceptors (Lipinski definition) is 2. The molecule has 0 N–H and O–H groups in total. The largest absolute Gasteiger partial charge is 0.350 e. The van der Waals surface area contributed by atoms with Crippen LogP contribution in [0.15, 0.2) is 72.8 Å². The second-order valence-corrected chi connectivity index (χ2v) is 8.12. The summed E-state index contributed by atoms with van der Waals surface area (Å²) in [6.45, 7) is 2.12. The minimum absolute atomic E-state index is 0.00460. The van der Waals surface area contributed by atoms with Crippen LogP contribution in [0.4, 0.5) is 4.79 Å². The van der Waals surface area contributed by atoms with E-state index < -0.39 is 0 Å². The lowest BCUT2D eigenvalue weighted by molar-refractivity contribution is -0.0434. The molecule has 2 saturated heterocycles. The van der Waals surface area contributed by atoms with Gasteiger partial charge in [0.1, 0.15) is 6.23 Å². The van der Waals surface area contributed by atoms with Crippen LogP contribution >= 0.6 is 0 Å². The monoisotopic (exact) mass is 386 g/mol. The number of fused-ring (bicyclic) bond motifs is 1. The van der Waals surface area contributed by atoms with E-state index in [1.165, 1.54) is 16.3 Å². The highest BCUT2D eigenvalue weighted by atomic mass is 16.5. The predicted octanol–water partition coefficient (Wildman–Crippen LogP) is 5.51. The van der Waals surface area contributed by atoms with Crippen molar-refractivity contribution in [2.75, 3.05) is 7.05 Å². The average molecular weight is 386 g/mol. The number of hydrogen-bond donors (Lipinski definition) is 0. The van der Waals surface area contributed by atoms with Gasteiger partial charge in [-0.25, -0.2) is 4.79 Å². The first-order valence-corrected chi connectivity index (χ1v) is 10.4. The van der Waals surface area contributed by atoms with Crippen LogP contribution in [0, 0.1) is 0 Å². The molecule has 0 unspecified atom stereocenters. The van der Waals surface area contributed by atoms with Crippen molar-refractivity contribution in [2.24, 2.45) is 0 Å². The summed E-state index contributed by atoms with van der Waals surface area (Å²) < 4.78 is 6.54. The molecule has 0 spiro atoms. The summed E-state index contributed by atoms with van der Waals surface area (Å²) >= 11 is 0. The fraction of sp³-hybridized carbons (Fsp3) is 0.320. The van der Waals surface area contributed by atoms with Gasteiger partial charge in [0, 0.05) is 7.05 Å². The zero-order valence-electron chi connectivity index (χ0n) is 16.9. The molecule has 148 valence electrons. The molecule has 0 saturated carbocycles. The fourth-order valence-electron chi connectivity index (χ4n) is 4.90. The van der Waals surface area contributed by atoms with Crippen LogP contribution in [-0.2, 0) is 4.74 Å². The number of urea groups is 1. The molecule has 0 bridgehead atoms. The first kappa shape index (κ1) is 18.2. The molecule has 3 aromatic carbocycles. The molecule has 2 heterocycles. The number of rotatable bonds is 3. The van der Waals surface area contributed by atoms with Gasteiger partial charge < -0.3 is 9.64 Å². The van der Waals surface area contributed by atoms with Gasteiger partial charge in [0.25, 0.3) is 0 Å². The van der Waals surface area contributed by atoms with Crippen LogP contribution in [0.2, 0.25) is 0 Å². The Balaban J connectivity index is 1.46. The van der Waals surface area contributed by atoms with Crippen LogP contribution < -0.4 is 0 Å². The number of benzene rings is 3. The van der Waals surface area contributed by atoms with Crippen molar-refractivity contribution in [1.29, 1.82) is 0 Å². The van der Waals surface area contributed by atoms with Crippen molar-refractivity contribution in [3.63, 3.8) is 0 Å². The van der Waals surface area contributed by atoms with Crippen LogP contribution in [0.3, 0.4) is 0 Å². The SMILES string of the molecule is C[C@H]1[C@@H](c2ccccc2)N([C@@H]2CC[C@H](c3cccc4ccccc34)O2)C(=O)N1C. The number of carbonyl (C=O) groups is 1. The van der Waals surface area contributed by atoms with Gasteiger partial charge in [-0.2, -0.15) is 0 Å².